The number of piperazine rings is 1. The number of aldehydes is 1. The number of thiazole rings is 1. The van der Waals surface area contributed by atoms with E-state index < -0.39 is 0 Å². The normalized spacial score (nSPS) is 31.3. The third kappa shape index (κ3) is 3.46. The van der Waals surface area contributed by atoms with E-state index in [2.05, 4.69) is 21.7 Å². The third-order valence-electron chi connectivity index (χ3n) is 4.98. The zero-order chi connectivity index (χ0) is 14.7. The summed E-state index contributed by atoms with van der Waals surface area (Å²) in [6.45, 7) is 7.38. The van der Waals surface area contributed by atoms with Gasteiger partial charge in [-0.05, 0) is 18.8 Å². The molecule has 116 valence electrons. The summed E-state index contributed by atoms with van der Waals surface area (Å²) in [5.74, 6) is 0.695. The van der Waals surface area contributed by atoms with E-state index in [1.807, 2.05) is 11.6 Å². The Balaban J connectivity index is 1.55. The Kier molecular flexibility index (Phi) is 4.60. The molecule has 3 rings (SSSR count). The molecule has 2 heterocycles. The molecule has 0 radical (unpaired) electrons. The Morgan fingerprint density at radius 1 is 1.43 bits per heavy atom. The molecule has 0 amide bonds. The number of anilines is 1. The van der Waals surface area contributed by atoms with Gasteiger partial charge in [0.25, 0.3) is 0 Å². The molecule has 2 aliphatic rings. The van der Waals surface area contributed by atoms with Crippen molar-refractivity contribution in [1.29, 1.82) is 0 Å². The van der Waals surface area contributed by atoms with E-state index in [1.54, 1.807) is 11.3 Å². The number of hydrogen-bond donors (Lipinski definition) is 0. The SMILES string of the molecule is CC1CCCC(C=O)(CN2CCN(c3nccs3)CC2)C1. The molecule has 2 atom stereocenters. The van der Waals surface area contributed by atoms with Gasteiger partial charge in [-0.3, -0.25) is 4.90 Å². The summed E-state index contributed by atoms with van der Waals surface area (Å²) in [5, 5.41) is 3.16. The van der Waals surface area contributed by atoms with Crippen LogP contribution in [0.5, 0.6) is 0 Å². The highest BCUT2D eigenvalue weighted by molar-refractivity contribution is 7.13. The van der Waals surface area contributed by atoms with E-state index in [-0.39, 0.29) is 5.41 Å². The van der Waals surface area contributed by atoms with Crippen LogP contribution >= 0.6 is 11.3 Å². The largest absolute Gasteiger partial charge is 0.346 e. The number of hydrogen-bond acceptors (Lipinski definition) is 5. The Labute approximate surface area is 131 Å². The first-order valence-electron chi connectivity index (χ1n) is 8.04. The minimum atomic E-state index is -0.0823. The van der Waals surface area contributed by atoms with Gasteiger partial charge in [-0.2, -0.15) is 0 Å². The molecule has 1 aromatic heterocycles. The lowest BCUT2D eigenvalue weighted by Crippen LogP contribution is -2.51. The maximum Gasteiger partial charge on any atom is 0.185 e. The summed E-state index contributed by atoms with van der Waals surface area (Å²) < 4.78 is 0. The molecular weight excluding hydrogens is 282 g/mol. The van der Waals surface area contributed by atoms with E-state index >= 15 is 0 Å². The first kappa shape index (κ1) is 15.0. The van der Waals surface area contributed by atoms with Gasteiger partial charge in [0, 0.05) is 49.7 Å². The second-order valence-corrected chi connectivity index (χ2v) is 7.63. The van der Waals surface area contributed by atoms with Crippen molar-refractivity contribution in [2.24, 2.45) is 11.3 Å². The molecule has 1 aliphatic carbocycles. The van der Waals surface area contributed by atoms with Crippen molar-refractivity contribution in [3.8, 4) is 0 Å². The summed E-state index contributed by atoms with van der Waals surface area (Å²) in [4.78, 5) is 20.9. The van der Waals surface area contributed by atoms with Crippen LogP contribution in [0.25, 0.3) is 0 Å². The maximum atomic E-state index is 11.7. The Bertz CT molecular complexity index is 456. The van der Waals surface area contributed by atoms with Crippen molar-refractivity contribution in [3.05, 3.63) is 11.6 Å². The van der Waals surface area contributed by atoms with Crippen molar-refractivity contribution in [2.45, 2.75) is 32.6 Å². The molecule has 2 fully saturated rings. The van der Waals surface area contributed by atoms with Gasteiger partial charge < -0.3 is 9.69 Å². The van der Waals surface area contributed by atoms with E-state index in [0.29, 0.717) is 5.92 Å². The topological polar surface area (TPSA) is 36.4 Å². The van der Waals surface area contributed by atoms with Crippen LogP contribution < -0.4 is 4.90 Å². The summed E-state index contributed by atoms with van der Waals surface area (Å²) in [6, 6.07) is 0. The van der Waals surface area contributed by atoms with Crippen LogP contribution in [0.3, 0.4) is 0 Å². The van der Waals surface area contributed by atoms with E-state index in [9.17, 15) is 4.79 Å². The maximum absolute atomic E-state index is 11.7. The monoisotopic (exact) mass is 307 g/mol. The standard InChI is InChI=1S/C16H25N3OS/c1-14-3-2-4-16(11-14,13-20)12-18-6-8-19(9-7-18)15-17-5-10-21-15/h5,10,13-14H,2-4,6-9,11-12H2,1H3. The lowest BCUT2D eigenvalue weighted by Gasteiger charge is -2.42. The van der Waals surface area contributed by atoms with Crippen molar-refractivity contribution >= 4 is 22.8 Å². The molecule has 0 bridgehead atoms. The van der Waals surface area contributed by atoms with E-state index in [0.717, 1.165) is 50.7 Å². The highest BCUT2D eigenvalue weighted by Gasteiger charge is 2.37. The van der Waals surface area contributed by atoms with Crippen LogP contribution in [0.4, 0.5) is 5.13 Å². The van der Waals surface area contributed by atoms with Gasteiger partial charge >= 0.3 is 0 Å². The van der Waals surface area contributed by atoms with E-state index in [1.165, 1.54) is 19.1 Å². The predicted molar refractivity (Wildman–Crippen MR) is 86.9 cm³/mol. The molecule has 0 aromatic carbocycles. The van der Waals surface area contributed by atoms with Gasteiger partial charge in [0.2, 0.25) is 0 Å². The molecule has 21 heavy (non-hydrogen) atoms. The summed E-state index contributed by atoms with van der Waals surface area (Å²) in [6.07, 6.45) is 7.77. The molecule has 0 spiro atoms. The van der Waals surface area contributed by atoms with Crippen LogP contribution in [0.1, 0.15) is 32.6 Å². The summed E-state index contributed by atoms with van der Waals surface area (Å²) >= 11 is 1.71. The minimum Gasteiger partial charge on any atom is -0.346 e. The van der Waals surface area contributed by atoms with Crippen molar-refractivity contribution in [2.75, 3.05) is 37.6 Å². The molecule has 0 N–H and O–H groups in total. The predicted octanol–water partition coefficient (Wildman–Crippen LogP) is 2.66. The first-order chi connectivity index (χ1) is 10.2. The van der Waals surface area contributed by atoms with Gasteiger partial charge in [0.05, 0.1) is 0 Å². The minimum absolute atomic E-state index is 0.0823. The Morgan fingerprint density at radius 2 is 2.24 bits per heavy atom. The smallest absolute Gasteiger partial charge is 0.185 e. The average molecular weight is 307 g/mol. The molecular formula is C16H25N3OS. The summed E-state index contributed by atoms with van der Waals surface area (Å²) in [7, 11) is 0. The van der Waals surface area contributed by atoms with Gasteiger partial charge in [0.15, 0.2) is 5.13 Å². The van der Waals surface area contributed by atoms with Crippen LogP contribution in [-0.4, -0.2) is 48.9 Å². The molecule has 5 heteroatoms. The number of nitrogens with zero attached hydrogens (tertiary/aromatic N) is 3. The molecule has 1 aromatic rings. The second kappa shape index (κ2) is 6.44. The fraction of sp³-hybridized carbons (Fsp3) is 0.750. The molecule has 1 saturated carbocycles. The fourth-order valence-electron chi connectivity index (χ4n) is 3.90. The van der Waals surface area contributed by atoms with Gasteiger partial charge in [0.1, 0.15) is 6.29 Å². The van der Waals surface area contributed by atoms with Crippen molar-refractivity contribution in [1.82, 2.24) is 9.88 Å². The Hall–Kier alpha value is -0.940. The molecule has 1 saturated heterocycles. The van der Waals surface area contributed by atoms with Gasteiger partial charge in [-0.1, -0.05) is 19.8 Å². The zero-order valence-electron chi connectivity index (χ0n) is 12.8. The third-order valence-corrected chi connectivity index (χ3v) is 5.81. The molecule has 4 nitrogen and oxygen atoms in total. The van der Waals surface area contributed by atoms with Crippen LogP contribution in [0.2, 0.25) is 0 Å². The first-order valence-corrected chi connectivity index (χ1v) is 8.92. The van der Waals surface area contributed by atoms with Crippen LogP contribution in [0.15, 0.2) is 11.6 Å². The lowest BCUT2D eigenvalue weighted by atomic mass is 9.70. The summed E-state index contributed by atoms with van der Waals surface area (Å²) in [5.41, 5.74) is -0.0823. The van der Waals surface area contributed by atoms with Crippen molar-refractivity contribution < 1.29 is 4.79 Å². The van der Waals surface area contributed by atoms with Crippen LogP contribution in [0, 0.1) is 11.3 Å². The number of aromatic nitrogens is 1. The number of rotatable bonds is 4. The molecule has 1 aliphatic heterocycles. The second-order valence-electron chi connectivity index (χ2n) is 6.76. The zero-order valence-corrected chi connectivity index (χ0v) is 13.6. The van der Waals surface area contributed by atoms with Crippen LogP contribution in [-0.2, 0) is 4.79 Å². The number of carbonyl (C=O) groups excluding carboxylic acids is 1. The van der Waals surface area contributed by atoms with Crippen molar-refractivity contribution in [3.63, 3.8) is 0 Å². The van der Waals surface area contributed by atoms with Gasteiger partial charge in [-0.25, -0.2) is 4.98 Å². The lowest BCUT2D eigenvalue weighted by molar-refractivity contribution is -0.120. The Morgan fingerprint density at radius 3 is 2.86 bits per heavy atom. The highest BCUT2D eigenvalue weighted by atomic mass is 32.1. The van der Waals surface area contributed by atoms with Gasteiger partial charge in [-0.15, -0.1) is 11.3 Å². The fourth-order valence-corrected chi connectivity index (χ4v) is 4.60. The quantitative estimate of drug-likeness (QED) is 0.801. The number of carbonyl (C=O) groups is 1. The highest BCUT2D eigenvalue weighted by Crippen LogP contribution is 2.38. The van der Waals surface area contributed by atoms with E-state index in [4.69, 9.17) is 0 Å². The average Bonchev–Trinajstić information content (AvgIpc) is 3.02. The molecule has 2 unspecified atom stereocenters.